The van der Waals surface area contributed by atoms with Crippen molar-refractivity contribution < 1.29 is 4.74 Å². The minimum atomic E-state index is 0.00894. The van der Waals surface area contributed by atoms with Crippen molar-refractivity contribution in [1.29, 1.82) is 0 Å². The summed E-state index contributed by atoms with van der Waals surface area (Å²) < 4.78 is 5.39. The van der Waals surface area contributed by atoms with E-state index in [1.54, 1.807) is 0 Å². The van der Waals surface area contributed by atoms with Crippen LogP contribution >= 0.6 is 0 Å². The molecule has 0 spiro atoms. The van der Waals surface area contributed by atoms with Gasteiger partial charge in [-0.2, -0.15) is 0 Å². The van der Waals surface area contributed by atoms with E-state index < -0.39 is 0 Å². The van der Waals surface area contributed by atoms with Gasteiger partial charge in [-0.1, -0.05) is 0 Å². The summed E-state index contributed by atoms with van der Waals surface area (Å²) in [7, 11) is 0. The molecule has 0 aromatic rings. The van der Waals surface area contributed by atoms with Crippen molar-refractivity contribution in [1.82, 2.24) is 0 Å². The SMILES string of the molecule is CC(C)(N)C1(C2CCOCC2)CC1. The lowest BCUT2D eigenvalue weighted by molar-refractivity contribution is 0.0240. The van der Waals surface area contributed by atoms with Crippen molar-refractivity contribution in [3.8, 4) is 0 Å². The first-order valence-electron chi connectivity index (χ1n) is 5.43. The van der Waals surface area contributed by atoms with Crippen LogP contribution in [0.1, 0.15) is 39.5 Å². The van der Waals surface area contributed by atoms with E-state index in [2.05, 4.69) is 13.8 Å². The second kappa shape index (κ2) is 2.96. The van der Waals surface area contributed by atoms with Crippen LogP contribution in [0.15, 0.2) is 0 Å². The van der Waals surface area contributed by atoms with Crippen LogP contribution in [-0.4, -0.2) is 18.8 Å². The second-order valence-corrected chi connectivity index (χ2v) is 5.26. The van der Waals surface area contributed by atoms with E-state index in [9.17, 15) is 0 Å². The molecule has 1 saturated carbocycles. The molecule has 0 atom stereocenters. The van der Waals surface area contributed by atoms with Gasteiger partial charge in [-0.05, 0) is 50.9 Å². The van der Waals surface area contributed by atoms with Crippen molar-refractivity contribution in [2.24, 2.45) is 17.1 Å². The van der Waals surface area contributed by atoms with E-state index in [1.807, 2.05) is 0 Å². The summed E-state index contributed by atoms with van der Waals surface area (Å²) in [5.74, 6) is 0.821. The first-order valence-corrected chi connectivity index (χ1v) is 5.43. The van der Waals surface area contributed by atoms with E-state index in [0.29, 0.717) is 5.41 Å². The molecule has 1 aliphatic heterocycles. The molecule has 2 fully saturated rings. The lowest BCUT2D eigenvalue weighted by atomic mass is 9.72. The summed E-state index contributed by atoms with van der Waals surface area (Å²) in [4.78, 5) is 0. The average molecular weight is 183 g/mol. The Hall–Kier alpha value is -0.0800. The third kappa shape index (κ3) is 1.50. The van der Waals surface area contributed by atoms with Gasteiger partial charge in [0.15, 0.2) is 0 Å². The molecular weight excluding hydrogens is 162 g/mol. The van der Waals surface area contributed by atoms with E-state index in [-0.39, 0.29) is 5.54 Å². The molecule has 2 aliphatic rings. The number of hydrogen-bond acceptors (Lipinski definition) is 2. The quantitative estimate of drug-likeness (QED) is 0.710. The molecule has 1 saturated heterocycles. The Kier molecular flexibility index (Phi) is 2.16. The summed E-state index contributed by atoms with van der Waals surface area (Å²) in [6, 6.07) is 0. The molecule has 2 rings (SSSR count). The molecule has 1 aliphatic carbocycles. The highest BCUT2D eigenvalue weighted by Gasteiger charge is 2.56. The third-order valence-electron chi connectivity index (χ3n) is 4.07. The van der Waals surface area contributed by atoms with Gasteiger partial charge in [-0.25, -0.2) is 0 Å². The average Bonchev–Trinajstić information content (AvgIpc) is 2.84. The molecule has 0 unspecified atom stereocenters. The molecule has 1 heterocycles. The highest BCUT2D eigenvalue weighted by atomic mass is 16.5. The first kappa shape index (κ1) is 9.47. The number of hydrogen-bond donors (Lipinski definition) is 1. The number of nitrogens with two attached hydrogens (primary N) is 1. The fraction of sp³-hybridized carbons (Fsp3) is 1.00. The van der Waals surface area contributed by atoms with Gasteiger partial charge in [-0.15, -0.1) is 0 Å². The van der Waals surface area contributed by atoms with Gasteiger partial charge in [-0.3, -0.25) is 0 Å². The fourth-order valence-corrected chi connectivity index (χ4v) is 2.96. The molecule has 76 valence electrons. The van der Waals surface area contributed by atoms with Crippen LogP contribution in [0.25, 0.3) is 0 Å². The zero-order valence-corrected chi connectivity index (χ0v) is 8.81. The van der Waals surface area contributed by atoms with Crippen molar-refractivity contribution in [2.75, 3.05) is 13.2 Å². The highest BCUT2D eigenvalue weighted by Crippen LogP contribution is 2.60. The molecule has 0 radical (unpaired) electrons. The molecule has 0 amide bonds. The van der Waals surface area contributed by atoms with Crippen molar-refractivity contribution in [2.45, 2.75) is 45.1 Å². The minimum absolute atomic E-state index is 0.00894. The number of rotatable bonds is 2. The van der Waals surface area contributed by atoms with Gasteiger partial charge < -0.3 is 10.5 Å². The van der Waals surface area contributed by atoms with E-state index in [1.165, 1.54) is 25.7 Å². The Labute approximate surface area is 80.8 Å². The summed E-state index contributed by atoms with van der Waals surface area (Å²) in [6.07, 6.45) is 5.11. The Morgan fingerprint density at radius 3 is 2.15 bits per heavy atom. The van der Waals surface area contributed by atoms with E-state index in [0.717, 1.165) is 19.1 Å². The van der Waals surface area contributed by atoms with Crippen LogP contribution < -0.4 is 5.73 Å². The predicted molar refractivity (Wildman–Crippen MR) is 53.5 cm³/mol. The molecule has 0 bridgehead atoms. The normalized spacial score (nSPS) is 28.8. The van der Waals surface area contributed by atoms with Crippen molar-refractivity contribution in [3.05, 3.63) is 0 Å². The van der Waals surface area contributed by atoms with Crippen LogP contribution in [0.4, 0.5) is 0 Å². The van der Waals surface area contributed by atoms with Gasteiger partial charge in [0, 0.05) is 18.8 Å². The highest BCUT2D eigenvalue weighted by molar-refractivity contribution is 5.10. The van der Waals surface area contributed by atoms with Crippen molar-refractivity contribution in [3.63, 3.8) is 0 Å². The Bertz CT molecular complexity index is 185. The largest absolute Gasteiger partial charge is 0.381 e. The van der Waals surface area contributed by atoms with E-state index >= 15 is 0 Å². The predicted octanol–water partition coefficient (Wildman–Crippen LogP) is 1.93. The molecule has 0 aromatic carbocycles. The van der Waals surface area contributed by atoms with Crippen LogP contribution in [0.5, 0.6) is 0 Å². The van der Waals surface area contributed by atoms with E-state index in [4.69, 9.17) is 10.5 Å². The standard InChI is InChI=1S/C11H21NO/c1-10(2,12)11(5-6-11)9-3-7-13-8-4-9/h9H,3-8,12H2,1-2H3. The molecule has 13 heavy (non-hydrogen) atoms. The minimum Gasteiger partial charge on any atom is -0.381 e. The topological polar surface area (TPSA) is 35.2 Å². The Balaban J connectivity index is 2.06. The van der Waals surface area contributed by atoms with Gasteiger partial charge in [0.1, 0.15) is 0 Å². The van der Waals surface area contributed by atoms with Gasteiger partial charge in [0.05, 0.1) is 0 Å². The molecule has 2 heteroatoms. The maximum Gasteiger partial charge on any atom is 0.0468 e. The van der Waals surface area contributed by atoms with Crippen molar-refractivity contribution >= 4 is 0 Å². The zero-order chi connectivity index (χ0) is 9.53. The van der Waals surface area contributed by atoms with Crippen LogP contribution in [0.2, 0.25) is 0 Å². The van der Waals surface area contributed by atoms with Crippen LogP contribution in [-0.2, 0) is 4.74 Å². The van der Waals surface area contributed by atoms with Gasteiger partial charge >= 0.3 is 0 Å². The summed E-state index contributed by atoms with van der Waals surface area (Å²) in [6.45, 7) is 6.27. The lowest BCUT2D eigenvalue weighted by Gasteiger charge is -2.39. The Morgan fingerprint density at radius 1 is 1.23 bits per heavy atom. The first-order chi connectivity index (χ1) is 6.06. The fourth-order valence-electron chi connectivity index (χ4n) is 2.96. The summed E-state index contributed by atoms with van der Waals surface area (Å²) in [5, 5.41) is 0. The summed E-state index contributed by atoms with van der Waals surface area (Å²) in [5.41, 5.74) is 6.73. The Morgan fingerprint density at radius 2 is 1.77 bits per heavy atom. The molecule has 2 N–H and O–H groups in total. The van der Waals surface area contributed by atoms with Gasteiger partial charge in [0.25, 0.3) is 0 Å². The summed E-state index contributed by atoms with van der Waals surface area (Å²) >= 11 is 0. The lowest BCUT2D eigenvalue weighted by Crippen LogP contribution is -2.47. The monoisotopic (exact) mass is 183 g/mol. The number of ether oxygens (including phenoxy) is 1. The third-order valence-corrected chi connectivity index (χ3v) is 4.07. The second-order valence-electron chi connectivity index (χ2n) is 5.26. The van der Waals surface area contributed by atoms with Gasteiger partial charge in [0.2, 0.25) is 0 Å². The van der Waals surface area contributed by atoms with Crippen LogP contribution in [0.3, 0.4) is 0 Å². The molecule has 0 aromatic heterocycles. The molecular formula is C11H21NO. The maximum atomic E-state index is 6.27. The zero-order valence-electron chi connectivity index (χ0n) is 8.81. The van der Waals surface area contributed by atoms with Crippen LogP contribution in [0, 0.1) is 11.3 Å². The smallest absolute Gasteiger partial charge is 0.0468 e. The maximum absolute atomic E-state index is 6.27. The molecule has 2 nitrogen and oxygen atoms in total.